The number of rotatable bonds is 10. The maximum atomic E-state index is 12.6. The Morgan fingerprint density at radius 3 is 2.66 bits per heavy atom. The normalized spacial score (nSPS) is 11.5. The van der Waals surface area contributed by atoms with Gasteiger partial charge in [-0.05, 0) is 25.1 Å². The zero-order chi connectivity index (χ0) is 25.5. The van der Waals surface area contributed by atoms with Gasteiger partial charge >= 0.3 is 0 Å². The van der Waals surface area contributed by atoms with Crippen LogP contribution in [-0.4, -0.2) is 37.3 Å². The Hall–Kier alpha value is -3.41. The van der Waals surface area contributed by atoms with Crippen LogP contribution in [0.1, 0.15) is 29.1 Å². The van der Waals surface area contributed by atoms with Gasteiger partial charge < -0.3 is 15.2 Å². The first-order valence-electron chi connectivity index (χ1n) is 10.2. The van der Waals surface area contributed by atoms with Gasteiger partial charge in [0.25, 0.3) is 11.6 Å². The number of anilines is 1. The number of nitrogens with one attached hydrogen (secondary N) is 2. The predicted molar refractivity (Wildman–Crippen MR) is 135 cm³/mol. The summed E-state index contributed by atoms with van der Waals surface area (Å²) in [5.41, 5.74) is 0.276. The van der Waals surface area contributed by atoms with Gasteiger partial charge in [0, 0.05) is 18.7 Å². The molecule has 0 bridgehead atoms. The first-order chi connectivity index (χ1) is 16.7. The average Bonchev–Trinajstić information content (AvgIpc) is 3.22. The minimum atomic E-state index is -0.578. The monoisotopic (exact) mass is 534 g/mol. The molecular formula is C22H20Cl2N6O4S. The van der Waals surface area contributed by atoms with Crippen LogP contribution >= 0.6 is 35.0 Å². The fraction of sp³-hybridized carbons (Fsp3) is 0.182. The van der Waals surface area contributed by atoms with Crippen molar-refractivity contribution >= 4 is 58.2 Å². The van der Waals surface area contributed by atoms with Crippen molar-refractivity contribution in [3.63, 3.8) is 0 Å². The van der Waals surface area contributed by atoms with Crippen molar-refractivity contribution in [2.75, 3.05) is 11.1 Å². The lowest BCUT2D eigenvalue weighted by atomic mass is 10.2. The van der Waals surface area contributed by atoms with Crippen LogP contribution in [0.2, 0.25) is 10.0 Å². The molecule has 3 aromatic rings. The molecule has 1 atom stereocenters. The van der Waals surface area contributed by atoms with Crippen LogP contribution in [0.3, 0.4) is 0 Å². The Labute approximate surface area is 214 Å². The number of nitro benzene ring substituents is 1. The van der Waals surface area contributed by atoms with Crippen molar-refractivity contribution in [3.8, 4) is 0 Å². The molecule has 2 N–H and O–H groups in total. The highest BCUT2D eigenvalue weighted by atomic mass is 35.5. The Bertz CT molecular complexity index is 1280. The fourth-order valence-corrected chi connectivity index (χ4v) is 4.19. The number of hydrogen-bond donors (Lipinski definition) is 2. The number of carbonyl (C=O) groups is 2. The minimum Gasteiger partial charge on any atom is -0.342 e. The molecule has 13 heteroatoms. The highest BCUT2D eigenvalue weighted by Gasteiger charge is 2.21. The lowest BCUT2D eigenvalue weighted by Gasteiger charge is -2.15. The molecule has 0 fully saturated rings. The van der Waals surface area contributed by atoms with Crippen LogP contribution in [-0.2, 0) is 11.3 Å². The number of hydrogen-bond acceptors (Lipinski definition) is 7. The Morgan fingerprint density at radius 1 is 1.23 bits per heavy atom. The maximum Gasteiger partial charge on any atom is 0.271 e. The number of nitro groups is 1. The van der Waals surface area contributed by atoms with Crippen molar-refractivity contribution < 1.29 is 14.5 Å². The summed E-state index contributed by atoms with van der Waals surface area (Å²) in [5, 5.41) is 25.6. The third-order valence-electron chi connectivity index (χ3n) is 4.68. The summed E-state index contributed by atoms with van der Waals surface area (Å²) >= 11 is 13.2. The third-order valence-corrected chi connectivity index (χ3v) is 6.30. The molecular weight excluding hydrogens is 515 g/mol. The molecule has 0 aliphatic rings. The second-order valence-corrected chi connectivity index (χ2v) is 8.93. The Kier molecular flexibility index (Phi) is 8.85. The van der Waals surface area contributed by atoms with Crippen LogP contribution in [0.25, 0.3) is 0 Å². The molecule has 0 aliphatic carbocycles. The van der Waals surface area contributed by atoms with Crippen LogP contribution in [0.4, 0.5) is 11.4 Å². The summed E-state index contributed by atoms with van der Waals surface area (Å²) in [6.45, 7) is 5.84. The summed E-state index contributed by atoms with van der Waals surface area (Å²) in [5.74, 6) is -0.393. The van der Waals surface area contributed by atoms with Crippen molar-refractivity contribution in [1.29, 1.82) is 0 Å². The molecule has 0 spiro atoms. The van der Waals surface area contributed by atoms with Gasteiger partial charge in [-0.2, -0.15) is 0 Å². The summed E-state index contributed by atoms with van der Waals surface area (Å²) in [6, 6.07) is 9.95. The molecule has 1 aromatic heterocycles. The van der Waals surface area contributed by atoms with Crippen molar-refractivity contribution in [2.45, 2.75) is 24.7 Å². The average molecular weight is 535 g/mol. The first kappa shape index (κ1) is 26.2. The van der Waals surface area contributed by atoms with E-state index >= 15 is 0 Å². The fourth-order valence-electron chi connectivity index (χ4n) is 3.05. The smallest absolute Gasteiger partial charge is 0.271 e. The zero-order valence-electron chi connectivity index (χ0n) is 18.4. The van der Waals surface area contributed by atoms with Gasteiger partial charge in [0.2, 0.25) is 5.91 Å². The van der Waals surface area contributed by atoms with Gasteiger partial charge in [-0.1, -0.05) is 53.2 Å². The van der Waals surface area contributed by atoms with Gasteiger partial charge in [-0.25, -0.2) is 0 Å². The van der Waals surface area contributed by atoms with Gasteiger partial charge in [0.1, 0.15) is 0 Å². The van der Waals surface area contributed by atoms with Crippen molar-refractivity contribution in [1.82, 2.24) is 20.1 Å². The van der Waals surface area contributed by atoms with E-state index in [0.717, 1.165) is 11.8 Å². The number of halogens is 2. The second-order valence-electron chi connectivity index (χ2n) is 7.17. The van der Waals surface area contributed by atoms with E-state index < -0.39 is 16.9 Å². The molecule has 0 unspecified atom stereocenters. The predicted octanol–water partition coefficient (Wildman–Crippen LogP) is 4.90. The summed E-state index contributed by atoms with van der Waals surface area (Å²) in [4.78, 5) is 35.5. The lowest BCUT2D eigenvalue weighted by molar-refractivity contribution is -0.384. The number of amides is 2. The van der Waals surface area contributed by atoms with E-state index in [0.29, 0.717) is 28.1 Å². The minimum absolute atomic E-state index is 0.0609. The lowest BCUT2D eigenvalue weighted by Crippen LogP contribution is -2.29. The zero-order valence-corrected chi connectivity index (χ0v) is 20.7. The first-order valence-corrected chi connectivity index (χ1v) is 11.9. The molecule has 0 radical (unpaired) electrons. The van der Waals surface area contributed by atoms with Gasteiger partial charge in [-0.3, -0.25) is 19.7 Å². The van der Waals surface area contributed by atoms with Crippen LogP contribution < -0.4 is 10.6 Å². The highest BCUT2D eigenvalue weighted by Crippen LogP contribution is 2.27. The number of thioether (sulfide) groups is 1. The molecule has 35 heavy (non-hydrogen) atoms. The number of nitrogens with zero attached hydrogens (tertiary/aromatic N) is 4. The molecule has 0 aliphatic heterocycles. The molecule has 0 saturated carbocycles. The molecule has 2 aromatic carbocycles. The largest absolute Gasteiger partial charge is 0.342 e. The standard InChI is InChI=1S/C22H20Cl2N6O4S/c1-3-10-29-20(13(2)25-21(32)15-6-4-5-7-16(15)23)27-28-22(29)35-12-19(31)26-18-11-14(30(33)34)8-9-17(18)24/h3-9,11,13H,1,10,12H2,2H3,(H,25,32)(H,26,31)/t13-/m0/s1. The highest BCUT2D eigenvalue weighted by molar-refractivity contribution is 7.99. The number of allylic oxidation sites excluding steroid dienone is 1. The molecule has 2 amide bonds. The number of aromatic nitrogens is 3. The third kappa shape index (κ3) is 6.59. The SMILES string of the molecule is C=CCn1c(SCC(=O)Nc2cc([N+](=O)[O-])ccc2Cl)nnc1[C@H](C)NC(=O)c1ccccc1Cl. The second kappa shape index (κ2) is 11.8. The van der Waals surface area contributed by atoms with E-state index in [1.807, 2.05) is 0 Å². The Balaban J connectivity index is 1.69. The van der Waals surface area contributed by atoms with Crippen LogP contribution in [0, 0.1) is 10.1 Å². The quantitative estimate of drug-likeness (QED) is 0.163. The maximum absolute atomic E-state index is 12.6. The van der Waals surface area contributed by atoms with E-state index in [4.69, 9.17) is 23.2 Å². The van der Waals surface area contributed by atoms with E-state index in [2.05, 4.69) is 27.4 Å². The summed E-state index contributed by atoms with van der Waals surface area (Å²) in [6.07, 6.45) is 1.64. The molecule has 1 heterocycles. The van der Waals surface area contributed by atoms with E-state index in [1.165, 1.54) is 18.2 Å². The number of benzene rings is 2. The Morgan fingerprint density at radius 2 is 1.97 bits per heavy atom. The topological polar surface area (TPSA) is 132 Å². The van der Waals surface area contributed by atoms with Gasteiger partial charge in [-0.15, -0.1) is 16.8 Å². The molecule has 0 saturated heterocycles. The summed E-state index contributed by atoms with van der Waals surface area (Å²) in [7, 11) is 0. The number of carbonyl (C=O) groups excluding carboxylic acids is 2. The molecule has 10 nitrogen and oxygen atoms in total. The van der Waals surface area contributed by atoms with Crippen LogP contribution in [0.15, 0.2) is 60.3 Å². The number of non-ortho nitro benzene ring substituents is 1. The molecule has 3 rings (SSSR count). The van der Waals surface area contributed by atoms with Gasteiger partial charge in [0.15, 0.2) is 11.0 Å². The van der Waals surface area contributed by atoms with Crippen LogP contribution in [0.5, 0.6) is 0 Å². The van der Waals surface area contributed by atoms with Gasteiger partial charge in [0.05, 0.1) is 38.0 Å². The molecule has 182 valence electrons. The van der Waals surface area contributed by atoms with Crippen molar-refractivity contribution in [3.05, 3.63) is 86.7 Å². The van der Waals surface area contributed by atoms with E-state index in [1.54, 1.807) is 41.8 Å². The van der Waals surface area contributed by atoms with Crippen molar-refractivity contribution in [2.24, 2.45) is 0 Å². The van der Waals surface area contributed by atoms with E-state index in [9.17, 15) is 19.7 Å². The van der Waals surface area contributed by atoms with E-state index in [-0.39, 0.29) is 28.1 Å². The summed E-state index contributed by atoms with van der Waals surface area (Å²) < 4.78 is 1.73.